The van der Waals surface area contributed by atoms with E-state index in [0.717, 1.165) is 0 Å². The molecule has 0 fully saturated rings. The van der Waals surface area contributed by atoms with Gasteiger partial charge in [0.05, 0.1) is 25.6 Å². The molecular formula is C14H17FO4. The fraction of sp³-hybridized carbons (Fsp3) is 0.429. The molecule has 104 valence electrons. The van der Waals surface area contributed by atoms with Crippen molar-refractivity contribution in [2.24, 2.45) is 0 Å². The van der Waals surface area contributed by atoms with Gasteiger partial charge in [-0.2, -0.15) is 0 Å². The minimum Gasteiger partial charge on any atom is -0.466 e. The van der Waals surface area contributed by atoms with E-state index >= 15 is 0 Å². The van der Waals surface area contributed by atoms with Crippen LogP contribution in [0.25, 0.3) is 0 Å². The minimum atomic E-state index is -0.764. The molecule has 1 aromatic carbocycles. The fourth-order valence-electron chi connectivity index (χ4n) is 1.66. The van der Waals surface area contributed by atoms with Gasteiger partial charge >= 0.3 is 11.9 Å². The van der Waals surface area contributed by atoms with E-state index in [2.05, 4.69) is 0 Å². The molecule has 1 unspecified atom stereocenters. The number of carbonyl (C=O) groups is 2. The Morgan fingerprint density at radius 1 is 1.11 bits per heavy atom. The average molecular weight is 268 g/mol. The first-order valence-corrected chi connectivity index (χ1v) is 6.16. The van der Waals surface area contributed by atoms with Gasteiger partial charge in [0.2, 0.25) is 0 Å². The van der Waals surface area contributed by atoms with Crippen LogP contribution in [-0.2, 0) is 19.1 Å². The van der Waals surface area contributed by atoms with Crippen LogP contribution in [0.5, 0.6) is 0 Å². The van der Waals surface area contributed by atoms with Crippen LogP contribution in [-0.4, -0.2) is 25.2 Å². The summed E-state index contributed by atoms with van der Waals surface area (Å²) in [6.45, 7) is 3.84. The van der Waals surface area contributed by atoms with E-state index in [1.807, 2.05) is 0 Å². The first-order chi connectivity index (χ1) is 9.08. The molecule has 0 saturated heterocycles. The van der Waals surface area contributed by atoms with Crippen molar-refractivity contribution in [1.29, 1.82) is 0 Å². The molecular weight excluding hydrogens is 251 g/mol. The van der Waals surface area contributed by atoms with Crippen LogP contribution in [0, 0.1) is 5.82 Å². The van der Waals surface area contributed by atoms with E-state index in [1.165, 1.54) is 24.3 Å². The van der Waals surface area contributed by atoms with Crippen LogP contribution < -0.4 is 0 Å². The molecule has 0 aliphatic carbocycles. The summed E-state index contributed by atoms with van der Waals surface area (Å²) in [5.41, 5.74) is 0.535. The monoisotopic (exact) mass is 268 g/mol. The minimum absolute atomic E-state index is 0.113. The van der Waals surface area contributed by atoms with Crippen LogP contribution in [0.15, 0.2) is 24.3 Å². The summed E-state index contributed by atoms with van der Waals surface area (Å²) in [5, 5.41) is 0. The van der Waals surface area contributed by atoms with Gasteiger partial charge < -0.3 is 9.47 Å². The van der Waals surface area contributed by atoms with Gasteiger partial charge in [0, 0.05) is 0 Å². The Balaban J connectivity index is 2.88. The molecule has 19 heavy (non-hydrogen) atoms. The Morgan fingerprint density at radius 2 is 1.68 bits per heavy atom. The van der Waals surface area contributed by atoms with Gasteiger partial charge in [0.25, 0.3) is 0 Å². The molecule has 1 atom stereocenters. The van der Waals surface area contributed by atoms with Gasteiger partial charge in [0.1, 0.15) is 5.82 Å². The summed E-state index contributed by atoms with van der Waals surface area (Å²) in [6, 6.07) is 5.42. The molecule has 0 amide bonds. The van der Waals surface area contributed by atoms with Crippen LogP contribution >= 0.6 is 0 Å². The van der Waals surface area contributed by atoms with Gasteiger partial charge in [-0.1, -0.05) is 12.1 Å². The maximum atomic E-state index is 12.9. The third kappa shape index (κ3) is 4.69. The van der Waals surface area contributed by atoms with E-state index in [4.69, 9.17) is 9.47 Å². The molecule has 0 bridgehead atoms. The zero-order chi connectivity index (χ0) is 14.3. The molecule has 5 heteroatoms. The Morgan fingerprint density at radius 3 is 2.21 bits per heavy atom. The number of hydrogen-bond acceptors (Lipinski definition) is 4. The van der Waals surface area contributed by atoms with E-state index < -0.39 is 23.7 Å². The first kappa shape index (κ1) is 15.1. The van der Waals surface area contributed by atoms with Crippen LogP contribution in [0.1, 0.15) is 31.7 Å². The van der Waals surface area contributed by atoms with Crippen molar-refractivity contribution < 1.29 is 23.5 Å². The van der Waals surface area contributed by atoms with E-state index in [9.17, 15) is 14.0 Å². The molecule has 0 radical (unpaired) electrons. The summed E-state index contributed by atoms with van der Waals surface area (Å²) < 4.78 is 22.6. The second-order valence-corrected chi connectivity index (χ2v) is 3.87. The predicted molar refractivity (Wildman–Crippen MR) is 67.0 cm³/mol. The Hall–Kier alpha value is -1.91. The fourth-order valence-corrected chi connectivity index (χ4v) is 1.66. The molecule has 1 aromatic rings. The lowest BCUT2D eigenvalue weighted by Gasteiger charge is -2.15. The molecule has 0 saturated carbocycles. The molecule has 0 heterocycles. The smallest absolute Gasteiger partial charge is 0.313 e. The van der Waals surface area contributed by atoms with Crippen LogP contribution in [0.3, 0.4) is 0 Å². The molecule has 4 nitrogen and oxygen atoms in total. The molecule has 0 aliphatic rings. The largest absolute Gasteiger partial charge is 0.466 e. The van der Waals surface area contributed by atoms with Crippen LogP contribution in [0.4, 0.5) is 4.39 Å². The van der Waals surface area contributed by atoms with Gasteiger partial charge in [-0.25, -0.2) is 4.39 Å². The zero-order valence-electron chi connectivity index (χ0n) is 11.0. The van der Waals surface area contributed by atoms with Gasteiger partial charge in [-0.05, 0) is 31.5 Å². The lowest BCUT2D eigenvalue weighted by molar-refractivity contribution is -0.151. The molecule has 0 spiro atoms. The highest BCUT2D eigenvalue weighted by Gasteiger charge is 2.25. The van der Waals surface area contributed by atoms with E-state index in [1.54, 1.807) is 13.8 Å². The van der Waals surface area contributed by atoms with Crippen molar-refractivity contribution in [3.8, 4) is 0 Å². The summed E-state index contributed by atoms with van der Waals surface area (Å²) >= 11 is 0. The number of hydrogen-bond donors (Lipinski definition) is 0. The summed E-state index contributed by atoms with van der Waals surface area (Å²) in [6.07, 6.45) is -0.113. The van der Waals surface area contributed by atoms with Gasteiger partial charge in [0.15, 0.2) is 0 Å². The Labute approximate surface area is 111 Å². The van der Waals surface area contributed by atoms with Gasteiger partial charge in [-0.15, -0.1) is 0 Å². The van der Waals surface area contributed by atoms with Crippen molar-refractivity contribution in [2.45, 2.75) is 26.2 Å². The lowest BCUT2D eigenvalue weighted by Crippen LogP contribution is -2.20. The maximum Gasteiger partial charge on any atom is 0.313 e. The van der Waals surface area contributed by atoms with E-state index in [-0.39, 0.29) is 19.6 Å². The average Bonchev–Trinajstić information content (AvgIpc) is 2.38. The summed E-state index contributed by atoms with van der Waals surface area (Å²) in [4.78, 5) is 23.3. The van der Waals surface area contributed by atoms with Crippen molar-refractivity contribution in [2.75, 3.05) is 13.2 Å². The topological polar surface area (TPSA) is 52.6 Å². The van der Waals surface area contributed by atoms with E-state index in [0.29, 0.717) is 5.56 Å². The quantitative estimate of drug-likeness (QED) is 0.743. The Bertz CT molecular complexity index is 428. The molecule has 0 N–H and O–H groups in total. The van der Waals surface area contributed by atoms with Crippen molar-refractivity contribution in [3.63, 3.8) is 0 Å². The first-order valence-electron chi connectivity index (χ1n) is 6.16. The van der Waals surface area contributed by atoms with Crippen molar-refractivity contribution in [3.05, 3.63) is 35.6 Å². The number of halogens is 1. The van der Waals surface area contributed by atoms with Crippen LogP contribution in [0.2, 0.25) is 0 Å². The molecule has 0 aromatic heterocycles. The highest BCUT2D eigenvalue weighted by atomic mass is 19.1. The number of esters is 2. The highest BCUT2D eigenvalue weighted by Crippen LogP contribution is 2.22. The normalized spacial score (nSPS) is 11.7. The van der Waals surface area contributed by atoms with Crippen molar-refractivity contribution in [1.82, 2.24) is 0 Å². The Kier molecular flexibility index (Phi) is 5.99. The molecule has 1 rings (SSSR count). The SMILES string of the molecule is CCOC(=O)CC(C(=O)OCC)c1ccc(F)cc1. The lowest BCUT2D eigenvalue weighted by atomic mass is 9.96. The number of benzene rings is 1. The second-order valence-electron chi connectivity index (χ2n) is 3.87. The number of carbonyl (C=O) groups excluding carboxylic acids is 2. The van der Waals surface area contributed by atoms with Crippen molar-refractivity contribution >= 4 is 11.9 Å². The summed E-state index contributed by atoms with van der Waals surface area (Å²) in [7, 11) is 0. The second kappa shape index (κ2) is 7.51. The predicted octanol–water partition coefficient (Wildman–Crippen LogP) is 2.43. The number of ether oxygens (including phenoxy) is 2. The summed E-state index contributed by atoms with van der Waals surface area (Å²) in [5.74, 6) is -2.16. The maximum absolute atomic E-state index is 12.9. The standard InChI is InChI=1S/C14H17FO4/c1-3-18-13(16)9-12(14(17)19-4-2)10-5-7-11(15)8-6-10/h5-8,12H,3-4,9H2,1-2H3. The number of rotatable bonds is 6. The third-order valence-corrected chi connectivity index (χ3v) is 2.52. The third-order valence-electron chi connectivity index (χ3n) is 2.52. The zero-order valence-corrected chi connectivity index (χ0v) is 11.0. The highest BCUT2D eigenvalue weighted by molar-refractivity contribution is 5.84. The van der Waals surface area contributed by atoms with Gasteiger partial charge in [-0.3, -0.25) is 9.59 Å². The molecule has 0 aliphatic heterocycles.